The highest BCUT2D eigenvalue weighted by molar-refractivity contribution is 7.92. The van der Waals surface area contributed by atoms with Crippen LogP contribution in [0.4, 0.5) is 5.69 Å². The highest BCUT2D eigenvalue weighted by Crippen LogP contribution is 2.16. The molecule has 9 heteroatoms. The lowest BCUT2D eigenvalue weighted by Gasteiger charge is -2.05. The molecule has 0 fully saturated rings. The van der Waals surface area contributed by atoms with Gasteiger partial charge in [-0.15, -0.1) is 0 Å². The molecule has 8 nitrogen and oxygen atoms in total. The molecule has 3 aromatic rings. The summed E-state index contributed by atoms with van der Waals surface area (Å²) < 4.78 is 30.6. The Morgan fingerprint density at radius 2 is 1.96 bits per heavy atom. The number of anilines is 1. The standard InChI is InChI=1S/C15H18N6O2S/c1-12(2)20-10-15(17-11-20)24(22,23)19-14-7-18-21(9-14)8-13-3-5-16-6-4-13/h3-7,9-12,19H,8H2,1-2H3. The number of nitrogens with zero attached hydrogens (tertiary/aromatic N) is 5. The summed E-state index contributed by atoms with van der Waals surface area (Å²) in [5.74, 6) is 0. The molecular weight excluding hydrogens is 328 g/mol. The Hall–Kier alpha value is -2.68. The second kappa shape index (κ2) is 6.44. The lowest BCUT2D eigenvalue weighted by Crippen LogP contribution is -2.13. The van der Waals surface area contributed by atoms with E-state index in [0.717, 1.165) is 5.56 Å². The van der Waals surface area contributed by atoms with Gasteiger partial charge in [0.25, 0.3) is 10.0 Å². The molecule has 0 unspecified atom stereocenters. The maximum Gasteiger partial charge on any atom is 0.281 e. The third kappa shape index (κ3) is 3.62. The van der Waals surface area contributed by atoms with Crippen molar-refractivity contribution in [3.63, 3.8) is 0 Å². The zero-order valence-electron chi connectivity index (χ0n) is 13.4. The number of nitrogens with one attached hydrogen (secondary N) is 1. The Kier molecular flexibility index (Phi) is 4.34. The van der Waals surface area contributed by atoms with E-state index in [4.69, 9.17) is 0 Å². The molecule has 3 rings (SSSR count). The Bertz CT molecular complexity index is 914. The van der Waals surface area contributed by atoms with Gasteiger partial charge in [-0.1, -0.05) is 0 Å². The Morgan fingerprint density at radius 1 is 1.21 bits per heavy atom. The third-order valence-corrected chi connectivity index (χ3v) is 4.69. The molecule has 0 amide bonds. The van der Waals surface area contributed by atoms with E-state index in [1.54, 1.807) is 27.8 Å². The first-order chi connectivity index (χ1) is 11.4. The van der Waals surface area contributed by atoms with Crippen LogP contribution >= 0.6 is 0 Å². The second-order valence-corrected chi connectivity index (χ2v) is 7.27. The first-order valence-electron chi connectivity index (χ1n) is 7.42. The van der Waals surface area contributed by atoms with Crippen LogP contribution in [0.3, 0.4) is 0 Å². The van der Waals surface area contributed by atoms with Crippen LogP contribution < -0.4 is 4.72 Å². The van der Waals surface area contributed by atoms with Crippen LogP contribution in [-0.2, 0) is 16.6 Å². The number of hydrogen-bond acceptors (Lipinski definition) is 5. The highest BCUT2D eigenvalue weighted by Gasteiger charge is 2.19. The zero-order chi connectivity index (χ0) is 17.2. The van der Waals surface area contributed by atoms with Crippen LogP contribution in [0.5, 0.6) is 0 Å². The molecule has 0 aliphatic heterocycles. The van der Waals surface area contributed by atoms with E-state index in [-0.39, 0.29) is 11.1 Å². The molecule has 0 saturated heterocycles. The maximum atomic E-state index is 12.4. The minimum atomic E-state index is -3.73. The van der Waals surface area contributed by atoms with Gasteiger partial charge in [0.1, 0.15) is 0 Å². The molecule has 0 aromatic carbocycles. The van der Waals surface area contributed by atoms with E-state index in [2.05, 4.69) is 19.8 Å². The molecule has 0 aliphatic carbocycles. The van der Waals surface area contributed by atoms with E-state index >= 15 is 0 Å². The molecule has 3 heterocycles. The predicted molar refractivity (Wildman–Crippen MR) is 89.0 cm³/mol. The molecule has 0 bridgehead atoms. The summed E-state index contributed by atoms with van der Waals surface area (Å²) in [7, 11) is -3.73. The van der Waals surface area contributed by atoms with Crippen LogP contribution in [0, 0.1) is 0 Å². The van der Waals surface area contributed by atoms with Gasteiger partial charge in [0.2, 0.25) is 0 Å². The summed E-state index contributed by atoms with van der Waals surface area (Å²) in [6.45, 7) is 4.44. The summed E-state index contributed by atoms with van der Waals surface area (Å²) in [4.78, 5) is 7.92. The van der Waals surface area contributed by atoms with Gasteiger partial charge >= 0.3 is 0 Å². The normalized spacial score (nSPS) is 11.8. The van der Waals surface area contributed by atoms with Crippen LogP contribution in [0.1, 0.15) is 25.5 Å². The van der Waals surface area contributed by atoms with Crippen molar-refractivity contribution >= 4 is 15.7 Å². The van der Waals surface area contributed by atoms with Gasteiger partial charge in [-0.05, 0) is 31.5 Å². The molecule has 24 heavy (non-hydrogen) atoms. The smallest absolute Gasteiger partial charge is 0.281 e. The zero-order valence-corrected chi connectivity index (χ0v) is 14.2. The predicted octanol–water partition coefficient (Wildman–Crippen LogP) is 1.90. The molecule has 0 saturated carbocycles. The molecule has 0 aliphatic rings. The van der Waals surface area contributed by atoms with E-state index in [1.165, 1.54) is 18.7 Å². The lowest BCUT2D eigenvalue weighted by atomic mass is 10.3. The van der Waals surface area contributed by atoms with Crippen LogP contribution in [0.2, 0.25) is 0 Å². The first-order valence-corrected chi connectivity index (χ1v) is 8.90. The van der Waals surface area contributed by atoms with Gasteiger partial charge in [-0.3, -0.25) is 14.4 Å². The fraction of sp³-hybridized carbons (Fsp3) is 0.267. The molecule has 0 spiro atoms. The van der Waals surface area contributed by atoms with Crippen molar-refractivity contribution in [1.82, 2.24) is 24.3 Å². The van der Waals surface area contributed by atoms with Gasteiger partial charge in [-0.25, -0.2) is 4.98 Å². The van der Waals surface area contributed by atoms with Crippen molar-refractivity contribution in [2.75, 3.05) is 4.72 Å². The lowest BCUT2D eigenvalue weighted by molar-refractivity contribution is 0.591. The van der Waals surface area contributed by atoms with Crippen molar-refractivity contribution in [2.45, 2.75) is 31.5 Å². The third-order valence-electron chi connectivity index (χ3n) is 3.43. The molecule has 3 aromatic heterocycles. The number of aromatic nitrogens is 5. The topological polar surface area (TPSA) is 94.7 Å². The number of hydrogen-bond donors (Lipinski definition) is 1. The van der Waals surface area contributed by atoms with Crippen LogP contribution in [0.25, 0.3) is 0 Å². The van der Waals surface area contributed by atoms with Crippen molar-refractivity contribution in [3.05, 3.63) is 55.0 Å². The van der Waals surface area contributed by atoms with E-state index in [1.807, 2.05) is 26.0 Å². The van der Waals surface area contributed by atoms with E-state index in [0.29, 0.717) is 12.2 Å². The molecule has 1 N–H and O–H groups in total. The molecular formula is C15H18N6O2S. The van der Waals surface area contributed by atoms with Crippen LogP contribution in [0.15, 0.2) is 54.5 Å². The fourth-order valence-electron chi connectivity index (χ4n) is 2.12. The van der Waals surface area contributed by atoms with Gasteiger partial charge in [0, 0.05) is 30.8 Å². The maximum absolute atomic E-state index is 12.4. The summed E-state index contributed by atoms with van der Waals surface area (Å²) in [5.41, 5.74) is 1.42. The number of rotatable bonds is 6. The first kappa shape index (κ1) is 16.2. The summed E-state index contributed by atoms with van der Waals surface area (Å²) in [6, 6.07) is 3.90. The Labute approximate surface area is 140 Å². The van der Waals surface area contributed by atoms with Crippen molar-refractivity contribution in [1.29, 1.82) is 0 Å². The van der Waals surface area contributed by atoms with Crippen molar-refractivity contribution < 1.29 is 8.42 Å². The number of sulfonamides is 1. The van der Waals surface area contributed by atoms with Gasteiger partial charge in [0.05, 0.1) is 24.8 Å². The number of pyridine rings is 1. The largest absolute Gasteiger partial charge is 0.334 e. The quantitative estimate of drug-likeness (QED) is 0.735. The monoisotopic (exact) mass is 346 g/mol. The van der Waals surface area contributed by atoms with E-state index in [9.17, 15) is 8.42 Å². The van der Waals surface area contributed by atoms with Crippen molar-refractivity contribution in [2.24, 2.45) is 0 Å². The molecule has 0 atom stereocenters. The summed E-state index contributed by atoms with van der Waals surface area (Å²) in [6.07, 6.45) is 9.52. The minimum absolute atomic E-state index is 0.0157. The minimum Gasteiger partial charge on any atom is -0.334 e. The Balaban J connectivity index is 1.73. The van der Waals surface area contributed by atoms with Crippen molar-refractivity contribution in [3.8, 4) is 0 Å². The van der Waals surface area contributed by atoms with Gasteiger partial charge in [-0.2, -0.15) is 13.5 Å². The second-order valence-electron chi connectivity index (χ2n) is 5.64. The average Bonchev–Trinajstić information content (AvgIpc) is 3.18. The highest BCUT2D eigenvalue weighted by atomic mass is 32.2. The SMILES string of the molecule is CC(C)n1cnc(S(=O)(=O)Nc2cnn(Cc3ccncc3)c2)c1. The number of imidazole rings is 1. The Morgan fingerprint density at radius 3 is 2.62 bits per heavy atom. The fourth-order valence-corrected chi connectivity index (χ4v) is 3.09. The van der Waals surface area contributed by atoms with Gasteiger partial charge < -0.3 is 4.57 Å². The summed E-state index contributed by atoms with van der Waals surface area (Å²) in [5, 5.41) is 4.15. The molecule has 126 valence electrons. The summed E-state index contributed by atoms with van der Waals surface area (Å²) >= 11 is 0. The average molecular weight is 346 g/mol. The van der Waals surface area contributed by atoms with Crippen LogP contribution in [-0.4, -0.2) is 32.7 Å². The van der Waals surface area contributed by atoms with Gasteiger partial charge in [0.15, 0.2) is 5.03 Å². The van der Waals surface area contributed by atoms with E-state index < -0.39 is 10.0 Å². The molecule has 0 radical (unpaired) electrons.